The summed E-state index contributed by atoms with van der Waals surface area (Å²) in [7, 11) is 0. The minimum absolute atomic E-state index is 0.129. The highest BCUT2D eigenvalue weighted by molar-refractivity contribution is 6.37. The Morgan fingerprint density at radius 1 is 1.29 bits per heavy atom. The molecule has 0 amide bonds. The smallest absolute Gasteiger partial charge is 0.354 e. The van der Waals surface area contributed by atoms with E-state index in [4.69, 9.17) is 21.1 Å². The largest absolute Gasteiger partial charge is 0.485 e. The minimum Gasteiger partial charge on any atom is -0.485 e. The van der Waals surface area contributed by atoms with Crippen LogP contribution in [0.5, 0.6) is 5.75 Å². The second kappa shape index (κ2) is 7.13. The summed E-state index contributed by atoms with van der Waals surface area (Å²) >= 11 is 6.06. The number of rotatable bonds is 4. The molecule has 0 bridgehead atoms. The maximum Gasteiger partial charge on any atom is 0.354 e. The number of carbonyl (C=O) groups is 1. The molecule has 2 aliphatic rings. The van der Waals surface area contributed by atoms with Gasteiger partial charge >= 0.3 is 5.97 Å². The summed E-state index contributed by atoms with van der Waals surface area (Å²) in [6, 6.07) is 13.6. The molecule has 1 atom stereocenters. The average molecular weight is 399 g/mol. The summed E-state index contributed by atoms with van der Waals surface area (Å²) < 4.78 is 11.4. The van der Waals surface area contributed by atoms with Gasteiger partial charge in [0.1, 0.15) is 22.7 Å². The molecule has 0 saturated carbocycles. The first kappa shape index (κ1) is 18.8. The summed E-state index contributed by atoms with van der Waals surface area (Å²) in [6.07, 6.45) is 1.30. The fourth-order valence-electron chi connectivity index (χ4n) is 3.79. The van der Waals surface area contributed by atoms with E-state index in [1.165, 1.54) is 0 Å². The lowest BCUT2D eigenvalue weighted by atomic mass is 10.00. The molecule has 4 rings (SSSR count). The maximum absolute atomic E-state index is 12.4. The van der Waals surface area contributed by atoms with Crippen LogP contribution in [0.3, 0.4) is 0 Å². The van der Waals surface area contributed by atoms with Crippen molar-refractivity contribution in [3.8, 4) is 5.75 Å². The molecule has 5 nitrogen and oxygen atoms in total. The summed E-state index contributed by atoms with van der Waals surface area (Å²) in [5, 5.41) is 7.20. The molecule has 2 aliphatic heterocycles. The standard InChI is InChI=1S/C22H23ClN2O3/c1-4-27-21(26)17-12-19(14-8-10-16(23)11-9-14)25(24-17)18-7-5-6-15-13-22(2,3)28-20(15)18/h5-11,19H,4,12-13H2,1-3H3. The van der Waals surface area contributed by atoms with Crippen molar-refractivity contribution in [2.45, 2.75) is 45.3 Å². The van der Waals surface area contributed by atoms with Crippen molar-refractivity contribution < 1.29 is 14.3 Å². The Bertz CT molecular complexity index is 937. The third kappa shape index (κ3) is 3.47. The monoisotopic (exact) mass is 398 g/mol. The van der Waals surface area contributed by atoms with Crippen LogP contribution in [0.15, 0.2) is 47.6 Å². The number of fused-ring (bicyclic) bond motifs is 1. The van der Waals surface area contributed by atoms with Crippen LogP contribution in [0.4, 0.5) is 5.69 Å². The van der Waals surface area contributed by atoms with Crippen LogP contribution in [0, 0.1) is 0 Å². The van der Waals surface area contributed by atoms with Crippen LogP contribution in [0.25, 0.3) is 0 Å². The van der Waals surface area contributed by atoms with Crippen molar-refractivity contribution >= 4 is 29.0 Å². The zero-order valence-corrected chi connectivity index (χ0v) is 17.0. The number of ether oxygens (including phenoxy) is 2. The normalized spacial score (nSPS) is 19.8. The van der Waals surface area contributed by atoms with Crippen LogP contribution in [0.2, 0.25) is 5.02 Å². The Kier molecular flexibility index (Phi) is 4.79. The van der Waals surface area contributed by atoms with Crippen molar-refractivity contribution in [2.24, 2.45) is 5.10 Å². The van der Waals surface area contributed by atoms with Crippen LogP contribution in [-0.2, 0) is 16.0 Å². The Morgan fingerprint density at radius 2 is 2.04 bits per heavy atom. The fraction of sp³-hybridized carbons (Fsp3) is 0.364. The molecular weight excluding hydrogens is 376 g/mol. The minimum atomic E-state index is -0.377. The lowest BCUT2D eigenvalue weighted by molar-refractivity contribution is -0.135. The first-order valence-corrected chi connectivity index (χ1v) is 9.86. The topological polar surface area (TPSA) is 51.1 Å². The predicted molar refractivity (Wildman–Crippen MR) is 110 cm³/mol. The van der Waals surface area contributed by atoms with Gasteiger partial charge in [-0.2, -0.15) is 5.10 Å². The van der Waals surface area contributed by atoms with Crippen molar-refractivity contribution in [1.29, 1.82) is 0 Å². The van der Waals surface area contributed by atoms with E-state index < -0.39 is 0 Å². The van der Waals surface area contributed by atoms with Crippen LogP contribution in [-0.4, -0.2) is 23.9 Å². The van der Waals surface area contributed by atoms with E-state index in [-0.39, 0.29) is 17.6 Å². The van der Waals surface area contributed by atoms with Gasteiger partial charge in [-0.15, -0.1) is 0 Å². The number of para-hydroxylation sites is 1. The van der Waals surface area contributed by atoms with Crippen molar-refractivity contribution in [3.05, 3.63) is 58.6 Å². The molecule has 146 valence electrons. The van der Waals surface area contributed by atoms with Gasteiger partial charge in [-0.25, -0.2) is 4.79 Å². The third-order valence-corrected chi connectivity index (χ3v) is 5.25. The second-order valence-electron chi connectivity index (χ2n) is 7.69. The number of hydrazone groups is 1. The molecule has 28 heavy (non-hydrogen) atoms. The van der Waals surface area contributed by atoms with Gasteiger partial charge in [-0.3, -0.25) is 5.01 Å². The molecule has 0 fully saturated rings. The van der Waals surface area contributed by atoms with Gasteiger partial charge in [-0.05, 0) is 44.5 Å². The highest BCUT2D eigenvalue weighted by Crippen LogP contribution is 2.46. The van der Waals surface area contributed by atoms with Gasteiger partial charge in [0.25, 0.3) is 0 Å². The zero-order valence-electron chi connectivity index (χ0n) is 16.2. The Labute approximate surface area is 169 Å². The lowest BCUT2D eigenvalue weighted by Crippen LogP contribution is -2.25. The third-order valence-electron chi connectivity index (χ3n) is 4.99. The molecule has 6 heteroatoms. The molecule has 2 aromatic rings. The van der Waals surface area contributed by atoms with E-state index in [2.05, 4.69) is 25.0 Å². The Morgan fingerprint density at radius 3 is 2.75 bits per heavy atom. The van der Waals surface area contributed by atoms with Crippen molar-refractivity contribution in [1.82, 2.24) is 0 Å². The van der Waals surface area contributed by atoms with Gasteiger partial charge in [0, 0.05) is 23.4 Å². The van der Waals surface area contributed by atoms with Crippen LogP contribution < -0.4 is 9.75 Å². The van der Waals surface area contributed by atoms with Gasteiger partial charge in [0.15, 0.2) is 0 Å². The number of nitrogens with zero attached hydrogens (tertiary/aromatic N) is 2. The summed E-state index contributed by atoms with van der Waals surface area (Å²) in [5.74, 6) is 0.457. The van der Waals surface area contributed by atoms with Crippen molar-refractivity contribution in [3.63, 3.8) is 0 Å². The van der Waals surface area contributed by atoms with Gasteiger partial charge in [0.05, 0.1) is 12.6 Å². The van der Waals surface area contributed by atoms with Crippen LogP contribution in [0.1, 0.15) is 44.4 Å². The molecular formula is C22H23ClN2O3. The molecule has 2 aromatic carbocycles. The van der Waals surface area contributed by atoms with Crippen molar-refractivity contribution in [2.75, 3.05) is 11.6 Å². The van der Waals surface area contributed by atoms with E-state index in [1.54, 1.807) is 6.92 Å². The zero-order chi connectivity index (χ0) is 19.9. The number of anilines is 1. The molecule has 1 unspecified atom stereocenters. The lowest BCUT2D eigenvalue weighted by Gasteiger charge is -2.26. The second-order valence-corrected chi connectivity index (χ2v) is 8.12. The number of hydrogen-bond acceptors (Lipinski definition) is 5. The molecule has 0 spiro atoms. The van der Waals surface area contributed by atoms with Crippen LogP contribution >= 0.6 is 11.6 Å². The Hall–Kier alpha value is -2.53. The Balaban J connectivity index is 1.76. The first-order chi connectivity index (χ1) is 13.4. The summed E-state index contributed by atoms with van der Waals surface area (Å²) in [6.45, 7) is 6.26. The van der Waals surface area contributed by atoms with Gasteiger partial charge in [-0.1, -0.05) is 35.9 Å². The van der Waals surface area contributed by atoms with E-state index in [0.717, 1.165) is 29.0 Å². The number of halogens is 1. The van der Waals surface area contributed by atoms with E-state index in [9.17, 15) is 4.79 Å². The average Bonchev–Trinajstić information content (AvgIpc) is 3.22. The molecule has 0 aliphatic carbocycles. The molecule has 0 N–H and O–H groups in total. The van der Waals surface area contributed by atoms with Gasteiger partial charge in [0.2, 0.25) is 0 Å². The highest BCUT2D eigenvalue weighted by Gasteiger charge is 2.38. The number of hydrogen-bond donors (Lipinski definition) is 0. The number of esters is 1. The summed E-state index contributed by atoms with van der Waals surface area (Å²) in [5.41, 5.74) is 3.19. The SMILES string of the molecule is CCOC(=O)C1=NN(c2cccc3c2OC(C)(C)C3)C(c2ccc(Cl)cc2)C1. The number of benzene rings is 2. The fourth-order valence-corrected chi connectivity index (χ4v) is 3.92. The highest BCUT2D eigenvalue weighted by atomic mass is 35.5. The quantitative estimate of drug-likeness (QED) is 0.685. The predicted octanol–water partition coefficient (Wildman–Crippen LogP) is 4.92. The number of carbonyl (C=O) groups excluding carboxylic acids is 1. The maximum atomic E-state index is 12.4. The molecule has 0 aromatic heterocycles. The first-order valence-electron chi connectivity index (χ1n) is 9.48. The van der Waals surface area contributed by atoms with E-state index in [0.29, 0.717) is 23.8 Å². The summed E-state index contributed by atoms with van der Waals surface area (Å²) in [4.78, 5) is 12.4. The van der Waals surface area contributed by atoms with E-state index >= 15 is 0 Å². The molecule has 2 heterocycles. The molecule has 0 radical (unpaired) electrons. The van der Waals surface area contributed by atoms with E-state index in [1.807, 2.05) is 41.4 Å². The van der Waals surface area contributed by atoms with Gasteiger partial charge < -0.3 is 9.47 Å². The molecule has 0 saturated heterocycles.